The lowest BCUT2D eigenvalue weighted by Crippen LogP contribution is -2.42. The van der Waals surface area contributed by atoms with Crippen LogP contribution in [0.4, 0.5) is 18.9 Å². The molecule has 0 spiro atoms. The van der Waals surface area contributed by atoms with Gasteiger partial charge in [-0.3, -0.25) is 4.79 Å². The maximum Gasteiger partial charge on any atom is 0.471 e. The van der Waals surface area contributed by atoms with E-state index in [4.69, 9.17) is 11.6 Å². The van der Waals surface area contributed by atoms with E-state index in [1.807, 2.05) is 32.9 Å². The van der Waals surface area contributed by atoms with Gasteiger partial charge in [0.1, 0.15) is 0 Å². The van der Waals surface area contributed by atoms with Crippen LogP contribution < -0.4 is 5.32 Å². The number of hydrogen-bond acceptors (Lipinski definition) is 4. The largest absolute Gasteiger partial charge is 0.471 e. The van der Waals surface area contributed by atoms with E-state index in [1.165, 1.54) is 0 Å². The predicted octanol–water partition coefficient (Wildman–Crippen LogP) is 5.40. The zero-order valence-corrected chi connectivity index (χ0v) is 21.6. The van der Waals surface area contributed by atoms with Gasteiger partial charge in [-0.1, -0.05) is 62.7 Å². The Morgan fingerprint density at radius 1 is 1.00 bits per heavy atom. The van der Waals surface area contributed by atoms with Crippen LogP contribution in [0.5, 0.6) is 0 Å². The molecule has 0 unspecified atom stereocenters. The number of benzene rings is 2. The molecule has 3 rings (SSSR count). The molecule has 5 nitrogen and oxygen atoms in total. The summed E-state index contributed by atoms with van der Waals surface area (Å²) in [4.78, 5) is 12.5. The molecular formula is C25H30ClF3N2O3S. The second-order valence-corrected chi connectivity index (χ2v) is 12.6. The second-order valence-electron chi connectivity index (χ2n) is 10.1. The van der Waals surface area contributed by atoms with Crippen LogP contribution in [-0.2, 0) is 39.8 Å². The highest BCUT2D eigenvalue weighted by atomic mass is 35.5. The van der Waals surface area contributed by atoms with Gasteiger partial charge in [0.2, 0.25) is 0 Å². The molecule has 0 aromatic heterocycles. The van der Waals surface area contributed by atoms with Gasteiger partial charge in [0.15, 0.2) is 9.84 Å². The van der Waals surface area contributed by atoms with E-state index in [-0.39, 0.29) is 36.4 Å². The minimum Gasteiger partial charge on any atom is -0.380 e. The Balaban J connectivity index is 1.69. The summed E-state index contributed by atoms with van der Waals surface area (Å²) in [5.74, 6) is -1.74. The van der Waals surface area contributed by atoms with Crippen molar-refractivity contribution in [2.45, 2.75) is 52.1 Å². The van der Waals surface area contributed by atoms with E-state index in [1.54, 1.807) is 24.3 Å². The van der Waals surface area contributed by atoms with Crippen LogP contribution >= 0.6 is 11.6 Å². The number of carbonyl (C=O) groups excluding carboxylic acids is 1. The fourth-order valence-electron chi connectivity index (χ4n) is 4.28. The first kappa shape index (κ1) is 27.3. The smallest absolute Gasteiger partial charge is 0.380 e. The monoisotopic (exact) mass is 530 g/mol. The number of carbonyl (C=O) groups is 1. The number of alkyl halides is 3. The lowest BCUT2D eigenvalue weighted by atomic mass is 10.0. The van der Waals surface area contributed by atoms with Crippen LogP contribution in [0.1, 0.15) is 43.0 Å². The van der Waals surface area contributed by atoms with Crippen molar-refractivity contribution in [2.24, 2.45) is 5.41 Å². The molecule has 35 heavy (non-hydrogen) atoms. The zero-order valence-electron chi connectivity index (χ0n) is 20.0. The Morgan fingerprint density at radius 3 is 2.20 bits per heavy atom. The second kappa shape index (κ2) is 10.4. The summed E-state index contributed by atoms with van der Waals surface area (Å²) in [5, 5.41) is 3.73. The molecule has 10 heteroatoms. The van der Waals surface area contributed by atoms with Crippen molar-refractivity contribution in [2.75, 3.05) is 24.2 Å². The first-order valence-corrected chi connectivity index (χ1v) is 13.5. The van der Waals surface area contributed by atoms with Crippen molar-refractivity contribution in [3.63, 3.8) is 0 Å². The highest BCUT2D eigenvalue weighted by molar-refractivity contribution is 7.90. The number of nitrogens with one attached hydrogen (secondary N) is 1. The number of amides is 1. The number of hydrogen-bond donors (Lipinski definition) is 1. The standard InChI is InChI=1S/C25H30ClF3N2O3S/c1-24(2,3)16-35(33,34)15-18-6-4-17(5-7-18)14-30-22-20-11-13-31(23(32)25(27,28)29)12-10-19(20)8-9-21(22)26/h4-9,30H,10-16H2,1-3H3. The van der Waals surface area contributed by atoms with Crippen LogP contribution in [0.15, 0.2) is 36.4 Å². The van der Waals surface area contributed by atoms with Crippen LogP contribution in [-0.4, -0.2) is 44.2 Å². The van der Waals surface area contributed by atoms with Gasteiger partial charge in [-0.25, -0.2) is 8.42 Å². The first-order chi connectivity index (χ1) is 16.1. The predicted molar refractivity (Wildman–Crippen MR) is 132 cm³/mol. The molecule has 0 aliphatic carbocycles. The Bertz CT molecular complexity index is 1170. The Kier molecular flexibility index (Phi) is 8.11. The number of rotatable bonds is 6. The molecular weight excluding hydrogens is 501 g/mol. The summed E-state index contributed by atoms with van der Waals surface area (Å²) >= 11 is 6.41. The van der Waals surface area contributed by atoms with Crippen molar-refractivity contribution >= 4 is 33.0 Å². The summed E-state index contributed by atoms with van der Waals surface area (Å²) in [5.41, 5.74) is 3.60. The third-order valence-electron chi connectivity index (χ3n) is 5.70. The number of fused-ring (bicyclic) bond motifs is 1. The van der Waals surface area contributed by atoms with Crippen molar-refractivity contribution in [3.8, 4) is 0 Å². The number of sulfone groups is 1. The Labute approximate surface area is 209 Å². The molecule has 1 amide bonds. The van der Waals surface area contributed by atoms with Gasteiger partial charge in [0.25, 0.3) is 0 Å². The SMILES string of the molecule is CC(C)(C)CS(=O)(=O)Cc1ccc(CNc2c(Cl)ccc3c2CCN(C(=O)C(F)(F)F)CC3)cc1. The van der Waals surface area contributed by atoms with Crippen molar-refractivity contribution in [1.82, 2.24) is 4.90 Å². The van der Waals surface area contributed by atoms with E-state index in [0.717, 1.165) is 21.6 Å². The van der Waals surface area contributed by atoms with Gasteiger partial charge in [-0.15, -0.1) is 0 Å². The van der Waals surface area contributed by atoms with Crippen molar-refractivity contribution < 1.29 is 26.4 Å². The summed E-state index contributed by atoms with van der Waals surface area (Å²) < 4.78 is 63.5. The highest BCUT2D eigenvalue weighted by Crippen LogP contribution is 2.33. The maximum absolute atomic E-state index is 12.9. The summed E-state index contributed by atoms with van der Waals surface area (Å²) in [6, 6.07) is 10.7. The summed E-state index contributed by atoms with van der Waals surface area (Å²) in [6.07, 6.45) is -4.33. The van der Waals surface area contributed by atoms with E-state index >= 15 is 0 Å². The molecule has 0 bridgehead atoms. The van der Waals surface area contributed by atoms with Crippen molar-refractivity contribution in [1.29, 1.82) is 0 Å². The first-order valence-electron chi connectivity index (χ1n) is 11.3. The van der Waals surface area contributed by atoms with Crippen molar-refractivity contribution in [3.05, 3.63) is 63.7 Å². The van der Waals surface area contributed by atoms with E-state index in [2.05, 4.69) is 5.32 Å². The van der Waals surface area contributed by atoms with Gasteiger partial charge in [-0.05, 0) is 46.6 Å². The lowest BCUT2D eigenvalue weighted by molar-refractivity contribution is -0.185. The average molecular weight is 531 g/mol. The van der Waals surface area contributed by atoms with Gasteiger partial charge in [-0.2, -0.15) is 13.2 Å². The number of anilines is 1. The molecule has 1 aliphatic heterocycles. The normalized spacial score (nSPS) is 14.9. The zero-order chi connectivity index (χ0) is 26.0. The number of nitrogens with zero attached hydrogens (tertiary/aromatic N) is 1. The topological polar surface area (TPSA) is 66.5 Å². The van der Waals surface area contributed by atoms with E-state index < -0.39 is 21.9 Å². The Morgan fingerprint density at radius 2 is 1.60 bits per heavy atom. The lowest BCUT2D eigenvalue weighted by Gasteiger charge is -2.21. The van der Waals surface area contributed by atoms with Gasteiger partial charge < -0.3 is 10.2 Å². The van der Waals surface area contributed by atoms with Crippen LogP contribution in [0.25, 0.3) is 0 Å². The van der Waals surface area contributed by atoms with Gasteiger partial charge >= 0.3 is 12.1 Å². The molecule has 2 aromatic carbocycles. The molecule has 192 valence electrons. The average Bonchev–Trinajstić information content (AvgIpc) is 2.93. The maximum atomic E-state index is 12.9. The molecule has 1 heterocycles. The summed E-state index contributed by atoms with van der Waals surface area (Å²) in [6.45, 7) is 6.02. The minimum atomic E-state index is -4.90. The number of halogens is 4. The van der Waals surface area contributed by atoms with Crippen LogP contribution in [0, 0.1) is 5.41 Å². The molecule has 0 fully saturated rings. The Hall–Kier alpha value is -2.26. The molecule has 1 N–H and O–H groups in total. The minimum absolute atomic E-state index is 0.00794. The fourth-order valence-corrected chi connectivity index (χ4v) is 6.64. The summed E-state index contributed by atoms with van der Waals surface area (Å²) in [7, 11) is -3.23. The fraction of sp³-hybridized carbons (Fsp3) is 0.480. The third-order valence-corrected chi connectivity index (χ3v) is 8.10. The molecule has 0 saturated carbocycles. The molecule has 0 radical (unpaired) electrons. The van der Waals surface area contributed by atoms with Gasteiger partial charge in [0.05, 0.1) is 22.2 Å². The van der Waals surface area contributed by atoms with Crippen LogP contribution in [0.3, 0.4) is 0 Å². The quantitative estimate of drug-likeness (QED) is 0.543. The third kappa shape index (κ3) is 7.61. The molecule has 0 saturated heterocycles. The van der Waals surface area contributed by atoms with Gasteiger partial charge in [0, 0.05) is 19.6 Å². The molecule has 1 aliphatic rings. The highest BCUT2D eigenvalue weighted by Gasteiger charge is 2.42. The molecule has 2 aromatic rings. The van der Waals surface area contributed by atoms with E-state index in [9.17, 15) is 26.4 Å². The molecule has 0 atom stereocenters. The van der Waals surface area contributed by atoms with Crippen LogP contribution in [0.2, 0.25) is 5.02 Å². The van der Waals surface area contributed by atoms with E-state index in [0.29, 0.717) is 29.2 Å².